The predicted octanol–water partition coefficient (Wildman–Crippen LogP) is 3.64. The highest BCUT2D eigenvalue weighted by Gasteiger charge is 2.22. The summed E-state index contributed by atoms with van der Waals surface area (Å²) in [4.78, 5) is 26.6. The molecule has 31 heavy (non-hydrogen) atoms. The van der Waals surface area contributed by atoms with Crippen LogP contribution in [0.5, 0.6) is 5.75 Å². The zero-order valence-electron chi connectivity index (χ0n) is 18.2. The van der Waals surface area contributed by atoms with Crippen LogP contribution >= 0.6 is 0 Å². The molecule has 6 heteroatoms. The Morgan fingerprint density at radius 1 is 1.23 bits per heavy atom. The van der Waals surface area contributed by atoms with E-state index in [0.717, 1.165) is 19.5 Å². The first kappa shape index (κ1) is 21.4. The van der Waals surface area contributed by atoms with Crippen molar-refractivity contribution in [1.29, 1.82) is 0 Å². The summed E-state index contributed by atoms with van der Waals surface area (Å²) in [5, 5.41) is 3.03. The van der Waals surface area contributed by atoms with Crippen molar-refractivity contribution in [2.75, 3.05) is 6.61 Å². The fourth-order valence-electron chi connectivity index (χ4n) is 4.20. The fraction of sp³-hybridized carbons (Fsp3) is 0.440. The predicted molar refractivity (Wildman–Crippen MR) is 118 cm³/mol. The number of fused-ring (bicyclic) bond motifs is 1. The van der Waals surface area contributed by atoms with Crippen LogP contribution in [0.4, 0.5) is 0 Å². The average molecular weight is 423 g/mol. The molecule has 2 aromatic rings. The van der Waals surface area contributed by atoms with Gasteiger partial charge in [-0.1, -0.05) is 50.3 Å². The maximum Gasteiger partial charge on any atom is 0.227 e. The lowest BCUT2D eigenvalue weighted by Crippen LogP contribution is -2.33. The molecule has 1 amide bonds. The molecule has 2 heterocycles. The highest BCUT2D eigenvalue weighted by atomic mass is 16.5. The van der Waals surface area contributed by atoms with Gasteiger partial charge in [-0.05, 0) is 23.5 Å². The summed E-state index contributed by atoms with van der Waals surface area (Å²) >= 11 is 0. The third kappa shape index (κ3) is 5.64. The molecule has 164 valence electrons. The Morgan fingerprint density at radius 2 is 1.97 bits per heavy atom. The molecule has 1 aliphatic carbocycles. The molecule has 1 aliphatic heterocycles. The van der Waals surface area contributed by atoms with Crippen molar-refractivity contribution in [3.05, 3.63) is 75.9 Å². The molecule has 0 saturated heterocycles. The molecule has 2 atom stereocenters. The SMILES string of the molecule is CC(C)CC(=O)N[C@@H]1C=CC(COc2coc(CN3Cc4ccccc4C3)cc2=O)C1. The van der Waals surface area contributed by atoms with Gasteiger partial charge in [0, 0.05) is 37.5 Å². The summed E-state index contributed by atoms with van der Waals surface area (Å²) in [6.07, 6.45) is 6.78. The van der Waals surface area contributed by atoms with Crippen LogP contribution in [0.15, 0.2) is 58.0 Å². The summed E-state index contributed by atoms with van der Waals surface area (Å²) in [7, 11) is 0. The molecule has 1 aromatic heterocycles. The van der Waals surface area contributed by atoms with E-state index in [1.807, 2.05) is 26.0 Å². The van der Waals surface area contributed by atoms with Gasteiger partial charge in [0.1, 0.15) is 12.0 Å². The Hall–Kier alpha value is -2.86. The molecule has 1 unspecified atom stereocenters. The summed E-state index contributed by atoms with van der Waals surface area (Å²) in [6, 6.07) is 9.94. The van der Waals surface area contributed by atoms with Crippen LogP contribution in [-0.2, 0) is 24.4 Å². The van der Waals surface area contributed by atoms with Crippen LogP contribution in [-0.4, -0.2) is 23.5 Å². The summed E-state index contributed by atoms with van der Waals surface area (Å²) in [5.74, 6) is 1.44. The second-order valence-corrected chi connectivity index (χ2v) is 8.95. The van der Waals surface area contributed by atoms with Crippen LogP contribution in [0.3, 0.4) is 0 Å². The molecule has 0 radical (unpaired) electrons. The number of hydrogen-bond acceptors (Lipinski definition) is 5. The maximum atomic E-state index is 12.5. The highest BCUT2D eigenvalue weighted by molar-refractivity contribution is 5.76. The van der Waals surface area contributed by atoms with Crippen LogP contribution < -0.4 is 15.5 Å². The molecular formula is C25H30N2O4. The van der Waals surface area contributed by atoms with Gasteiger partial charge in [-0.3, -0.25) is 14.5 Å². The number of nitrogens with zero attached hydrogens (tertiary/aromatic N) is 1. The van der Waals surface area contributed by atoms with E-state index in [-0.39, 0.29) is 29.0 Å². The average Bonchev–Trinajstić information content (AvgIpc) is 3.32. The highest BCUT2D eigenvalue weighted by Crippen LogP contribution is 2.24. The van der Waals surface area contributed by atoms with Gasteiger partial charge in [0.05, 0.1) is 13.2 Å². The van der Waals surface area contributed by atoms with Gasteiger partial charge in [-0.25, -0.2) is 0 Å². The quantitative estimate of drug-likeness (QED) is 0.658. The fourth-order valence-corrected chi connectivity index (χ4v) is 4.20. The number of rotatable bonds is 8. The van der Waals surface area contributed by atoms with Crippen LogP contribution in [0.1, 0.15) is 43.6 Å². The van der Waals surface area contributed by atoms with Crippen LogP contribution in [0.25, 0.3) is 0 Å². The lowest BCUT2D eigenvalue weighted by atomic mass is 10.1. The van der Waals surface area contributed by atoms with E-state index in [1.54, 1.807) is 0 Å². The number of ether oxygens (including phenoxy) is 1. The number of benzene rings is 1. The zero-order chi connectivity index (χ0) is 21.8. The number of carbonyl (C=O) groups excluding carboxylic acids is 1. The minimum atomic E-state index is -0.165. The molecule has 6 nitrogen and oxygen atoms in total. The second kappa shape index (κ2) is 9.52. The molecule has 1 N–H and O–H groups in total. The smallest absolute Gasteiger partial charge is 0.227 e. The molecule has 1 aromatic carbocycles. The number of carbonyl (C=O) groups is 1. The van der Waals surface area contributed by atoms with Gasteiger partial charge in [0.2, 0.25) is 17.1 Å². The van der Waals surface area contributed by atoms with E-state index >= 15 is 0 Å². The molecule has 0 spiro atoms. The van der Waals surface area contributed by atoms with Crippen molar-refractivity contribution >= 4 is 5.91 Å². The third-order valence-corrected chi connectivity index (χ3v) is 5.70. The number of hydrogen-bond donors (Lipinski definition) is 1. The van der Waals surface area contributed by atoms with E-state index in [9.17, 15) is 9.59 Å². The summed E-state index contributed by atoms with van der Waals surface area (Å²) in [6.45, 7) is 6.76. The zero-order valence-corrected chi connectivity index (χ0v) is 18.2. The van der Waals surface area contributed by atoms with Gasteiger partial charge in [0.15, 0.2) is 0 Å². The molecule has 0 saturated carbocycles. The first-order valence-electron chi connectivity index (χ1n) is 11.0. The van der Waals surface area contributed by atoms with Gasteiger partial charge in [0.25, 0.3) is 0 Å². The summed E-state index contributed by atoms with van der Waals surface area (Å²) in [5.41, 5.74) is 2.49. The van der Waals surface area contributed by atoms with Gasteiger partial charge in [-0.15, -0.1) is 0 Å². The Kier molecular flexibility index (Phi) is 6.56. The minimum Gasteiger partial charge on any atom is -0.486 e. The molecule has 0 bridgehead atoms. The minimum absolute atomic E-state index is 0.0308. The topological polar surface area (TPSA) is 71.8 Å². The number of nitrogens with one attached hydrogen (secondary N) is 1. The van der Waals surface area contributed by atoms with E-state index in [4.69, 9.17) is 9.15 Å². The molecular weight excluding hydrogens is 392 g/mol. The first-order chi connectivity index (χ1) is 15.0. The van der Waals surface area contributed by atoms with E-state index in [2.05, 4.69) is 34.5 Å². The van der Waals surface area contributed by atoms with Crippen molar-refractivity contribution in [3.63, 3.8) is 0 Å². The van der Waals surface area contributed by atoms with Crippen molar-refractivity contribution in [3.8, 4) is 5.75 Å². The summed E-state index contributed by atoms with van der Waals surface area (Å²) < 4.78 is 11.4. The monoisotopic (exact) mass is 422 g/mol. The van der Waals surface area contributed by atoms with E-state index in [1.165, 1.54) is 23.5 Å². The van der Waals surface area contributed by atoms with Crippen molar-refractivity contribution < 1.29 is 13.9 Å². The van der Waals surface area contributed by atoms with Gasteiger partial charge < -0.3 is 14.5 Å². The van der Waals surface area contributed by atoms with Crippen molar-refractivity contribution in [1.82, 2.24) is 10.2 Å². The Bertz CT molecular complexity index is 986. The van der Waals surface area contributed by atoms with Crippen molar-refractivity contribution in [2.45, 2.75) is 52.4 Å². The van der Waals surface area contributed by atoms with E-state index in [0.29, 0.717) is 31.3 Å². The largest absolute Gasteiger partial charge is 0.486 e. The first-order valence-corrected chi connectivity index (χ1v) is 11.0. The lowest BCUT2D eigenvalue weighted by Gasteiger charge is -2.16. The standard InChI is InChI=1S/C25H30N2O4/c1-17(2)9-25(29)26-21-8-7-18(10-21)15-31-24-16-30-22(11-23(24)28)14-27-12-19-5-3-4-6-20(19)13-27/h3-8,11,16-18,21H,9-10,12-15H2,1-2H3,(H,26,29)/t18?,21-/m1/s1. The maximum absolute atomic E-state index is 12.5. The Balaban J connectivity index is 1.25. The van der Waals surface area contributed by atoms with Gasteiger partial charge >= 0.3 is 0 Å². The molecule has 2 aliphatic rings. The Labute approximate surface area is 182 Å². The normalized spacial score (nSPS) is 20.2. The van der Waals surface area contributed by atoms with Crippen LogP contribution in [0, 0.1) is 11.8 Å². The molecule has 4 rings (SSSR count). The number of amides is 1. The van der Waals surface area contributed by atoms with E-state index < -0.39 is 0 Å². The van der Waals surface area contributed by atoms with Crippen molar-refractivity contribution in [2.24, 2.45) is 11.8 Å². The van der Waals surface area contributed by atoms with Gasteiger partial charge in [-0.2, -0.15) is 0 Å². The second-order valence-electron chi connectivity index (χ2n) is 8.95. The Morgan fingerprint density at radius 3 is 2.65 bits per heavy atom. The van der Waals surface area contributed by atoms with Crippen LogP contribution in [0.2, 0.25) is 0 Å². The molecule has 0 fully saturated rings. The lowest BCUT2D eigenvalue weighted by molar-refractivity contribution is -0.122. The third-order valence-electron chi connectivity index (χ3n) is 5.70.